The van der Waals surface area contributed by atoms with Gasteiger partial charge in [0.2, 0.25) is 5.88 Å². The zero-order valence-corrected chi connectivity index (χ0v) is 11.1. The number of ether oxygens (including phenoxy) is 1. The number of amides is 1. The number of nitrogens with one attached hydrogen (secondary N) is 1. The number of carbonyl (C=O) groups is 1. The highest BCUT2D eigenvalue weighted by Gasteiger charge is 2.22. The maximum Gasteiger partial charge on any atom is 0.253 e. The van der Waals surface area contributed by atoms with Crippen LogP contribution in [0.3, 0.4) is 0 Å². The van der Waals surface area contributed by atoms with Gasteiger partial charge in [-0.1, -0.05) is 0 Å². The molecule has 5 nitrogen and oxygen atoms in total. The van der Waals surface area contributed by atoms with Crippen LogP contribution >= 0.6 is 0 Å². The van der Waals surface area contributed by atoms with Crippen molar-refractivity contribution in [3.63, 3.8) is 0 Å². The molecule has 1 unspecified atom stereocenters. The summed E-state index contributed by atoms with van der Waals surface area (Å²) in [5, 5.41) is 11.6. The molecule has 2 N–H and O–H groups in total. The van der Waals surface area contributed by atoms with Crippen LogP contribution < -0.4 is 10.1 Å². The van der Waals surface area contributed by atoms with Gasteiger partial charge in [0.15, 0.2) is 0 Å². The van der Waals surface area contributed by atoms with Crippen LogP contribution in [0.4, 0.5) is 0 Å². The van der Waals surface area contributed by atoms with E-state index in [1.807, 2.05) is 6.92 Å². The molecule has 104 valence electrons. The Morgan fingerprint density at radius 1 is 1.58 bits per heavy atom. The van der Waals surface area contributed by atoms with Crippen LogP contribution in [0.1, 0.15) is 36.5 Å². The van der Waals surface area contributed by atoms with Gasteiger partial charge in [0.1, 0.15) is 0 Å². The fourth-order valence-corrected chi connectivity index (χ4v) is 1.66. The van der Waals surface area contributed by atoms with Crippen molar-refractivity contribution in [2.24, 2.45) is 5.92 Å². The van der Waals surface area contributed by atoms with Crippen LogP contribution in [0, 0.1) is 5.92 Å². The fraction of sp³-hybridized carbons (Fsp3) is 0.571. The van der Waals surface area contributed by atoms with E-state index in [4.69, 9.17) is 9.84 Å². The van der Waals surface area contributed by atoms with Gasteiger partial charge in [0, 0.05) is 24.9 Å². The molecule has 1 aromatic rings. The number of aromatic nitrogens is 1. The lowest BCUT2D eigenvalue weighted by Gasteiger charge is -2.12. The average molecular weight is 264 g/mol. The molecule has 5 heteroatoms. The van der Waals surface area contributed by atoms with Gasteiger partial charge in [0.25, 0.3) is 5.91 Å². The summed E-state index contributed by atoms with van der Waals surface area (Å²) in [6.07, 6.45) is 4.54. The number of nitrogens with zero attached hydrogens (tertiary/aromatic N) is 1. The van der Waals surface area contributed by atoms with Crippen molar-refractivity contribution in [3.8, 4) is 5.88 Å². The van der Waals surface area contributed by atoms with Gasteiger partial charge in [0.05, 0.1) is 12.2 Å². The Labute approximate surface area is 113 Å². The number of rotatable bonds is 7. The van der Waals surface area contributed by atoms with Gasteiger partial charge >= 0.3 is 0 Å². The zero-order chi connectivity index (χ0) is 13.7. The van der Waals surface area contributed by atoms with Crippen LogP contribution in [0.5, 0.6) is 5.88 Å². The first-order chi connectivity index (χ1) is 9.19. The molecule has 1 aliphatic rings. The summed E-state index contributed by atoms with van der Waals surface area (Å²) in [5.41, 5.74) is 0.503. The standard InChI is InChI=1S/C14H20N2O3/c1-10(6-7-17)16-14(18)12-4-5-13(15-8-12)19-9-11-2-3-11/h4-5,8,10-11,17H,2-3,6-7,9H2,1H3,(H,16,18). The largest absolute Gasteiger partial charge is 0.477 e. The monoisotopic (exact) mass is 264 g/mol. The molecule has 0 aromatic carbocycles. The van der Waals surface area contributed by atoms with Gasteiger partial charge in [-0.05, 0) is 38.2 Å². The number of pyridine rings is 1. The lowest BCUT2D eigenvalue weighted by atomic mass is 10.2. The number of hydrogen-bond acceptors (Lipinski definition) is 4. The minimum absolute atomic E-state index is 0.0525. The van der Waals surface area contributed by atoms with E-state index in [-0.39, 0.29) is 18.6 Å². The zero-order valence-electron chi connectivity index (χ0n) is 11.1. The molecule has 1 fully saturated rings. The third-order valence-corrected chi connectivity index (χ3v) is 3.10. The van der Waals surface area contributed by atoms with E-state index in [0.717, 1.165) is 0 Å². The first-order valence-electron chi connectivity index (χ1n) is 6.69. The van der Waals surface area contributed by atoms with Gasteiger partial charge in [-0.3, -0.25) is 4.79 Å². The highest BCUT2D eigenvalue weighted by Crippen LogP contribution is 2.29. The molecular weight excluding hydrogens is 244 g/mol. The minimum Gasteiger partial charge on any atom is -0.477 e. The summed E-state index contributed by atoms with van der Waals surface area (Å²) in [6.45, 7) is 2.63. The third-order valence-electron chi connectivity index (χ3n) is 3.10. The Kier molecular flexibility index (Phi) is 4.74. The van der Waals surface area contributed by atoms with Gasteiger partial charge < -0.3 is 15.2 Å². The van der Waals surface area contributed by atoms with Crippen molar-refractivity contribution in [1.82, 2.24) is 10.3 Å². The predicted molar refractivity (Wildman–Crippen MR) is 71.1 cm³/mol. The molecule has 19 heavy (non-hydrogen) atoms. The van der Waals surface area contributed by atoms with E-state index >= 15 is 0 Å². The smallest absolute Gasteiger partial charge is 0.253 e. The molecular formula is C14H20N2O3. The first kappa shape index (κ1) is 13.8. The topological polar surface area (TPSA) is 71.5 Å². The molecule has 1 saturated carbocycles. The number of carbonyl (C=O) groups excluding carboxylic acids is 1. The summed E-state index contributed by atoms with van der Waals surface area (Å²) >= 11 is 0. The second-order valence-electron chi connectivity index (χ2n) is 5.03. The van der Waals surface area contributed by atoms with E-state index in [9.17, 15) is 4.79 Å². The SMILES string of the molecule is CC(CCO)NC(=O)c1ccc(OCC2CC2)nc1. The van der Waals surface area contributed by atoms with Crippen molar-refractivity contribution in [2.75, 3.05) is 13.2 Å². The number of hydrogen-bond donors (Lipinski definition) is 2. The highest BCUT2D eigenvalue weighted by molar-refractivity contribution is 5.94. The normalized spacial score (nSPS) is 15.9. The Morgan fingerprint density at radius 3 is 2.95 bits per heavy atom. The lowest BCUT2D eigenvalue weighted by molar-refractivity contribution is 0.0934. The van der Waals surface area contributed by atoms with Crippen molar-refractivity contribution >= 4 is 5.91 Å². The van der Waals surface area contributed by atoms with E-state index in [2.05, 4.69) is 10.3 Å². The lowest BCUT2D eigenvalue weighted by Crippen LogP contribution is -2.33. The molecule has 2 rings (SSSR count). The molecule has 0 spiro atoms. The molecule has 1 aliphatic carbocycles. The Bertz CT molecular complexity index is 415. The summed E-state index contributed by atoms with van der Waals surface area (Å²) in [5.74, 6) is 1.07. The Hall–Kier alpha value is -1.62. The van der Waals surface area contributed by atoms with Crippen molar-refractivity contribution in [2.45, 2.75) is 32.2 Å². The summed E-state index contributed by atoms with van der Waals surface area (Å²) < 4.78 is 5.51. The van der Waals surface area contributed by atoms with Crippen LogP contribution in [0.2, 0.25) is 0 Å². The molecule has 0 radical (unpaired) electrons. The minimum atomic E-state index is -0.179. The fourth-order valence-electron chi connectivity index (χ4n) is 1.66. The highest BCUT2D eigenvalue weighted by atomic mass is 16.5. The van der Waals surface area contributed by atoms with Crippen molar-refractivity contribution in [3.05, 3.63) is 23.9 Å². The Balaban J connectivity index is 1.83. The van der Waals surface area contributed by atoms with Gasteiger partial charge in [-0.2, -0.15) is 0 Å². The van der Waals surface area contributed by atoms with Crippen LogP contribution in [-0.2, 0) is 0 Å². The second-order valence-corrected chi connectivity index (χ2v) is 5.03. The Morgan fingerprint density at radius 2 is 2.37 bits per heavy atom. The van der Waals surface area contributed by atoms with Crippen LogP contribution in [0.15, 0.2) is 18.3 Å². The van der Waals surface area contributed by atoms with Gasteiger partial charge in [-0.25, -0.2) is 4.98 Å². The maximum absolute atomic E-state index is 11.8. The number of aliphatic hydroxyl groups is 1. The summed E-state index contributed by atoms with van der Waals surface area (Å²) in [4.78, 5) is 16.0. The van der Waals surface area contributed by atoms with Crippen molar-refractivity contribution in [1.29, 1.82) is 0 Å². The predicted octanol–water partition coefficient (Wildman–Crippen LogP) is 1.37. The molecule has 0 saturated heterocycles. The second kappa shape index (κ2) is 6.52. The molecule has 1 aromatic heterocycles. The van der Waals surface area contributed by atoms with E-state index in [1.54, 1.807) is 12.1 Å². The molecule has 1 amide bonds. The van der Waals surface area contributed by atoms with E-state index in [0.29, 0.717) is 30.4 Å². The van der Waals surface area contributed by atoms with E-state index < -0.39 is 0 Å². The molecule has 1 atom stereocenters. The van der Waals surface area contributed by atoms with E-state index in [1.165, 1.54) is 19.0 Å². The number of aliphatic hydroxyl groups excluding tert-OH is 1. The average Bonchev–Trinajstić information content (AvgIpc) is 3.21. The van der Waals surface area contributed by atoms with Crippen LogP contribution in [-0.4, -0.2) is 35.3 Å². The molecule has 0 bridgehead atoms. The van der Waals surface area contributed by atoms with Gasteiger partial charge in [-0.15, -0.1) is 0 Å². The third kappa shape index (κ3) is 4.52. The first-order valence-corrected chi connectivity index (χ1v) is 6.69. The molecule has 1 heterocycles. The maximum atomic E-state index is 11.8. The van der Waals surface area contributed by atoms with Crippen molar-refractivity contribution < 1.29 is 14.6 Å². The summed E-state index contributed by atoms with van der Waals surface area (Å²) in [7, 11) is 0. The molecule has 0 aliphatic heterocycles. The quantitative estimate of drug-likeness (QED) is 0.780. The summed E-state index contributed by atoms with van der Waals surface area (Å²) in [6, 6.07) is 3.37. The van der Waals surface area contributed by atoms with Crippen LogP contribution in [0.25, 0.3) is 0 Å².